The highest BCUT2D eigenvalue weighted by molar-refractivity contribution is 6.32. The molecule has 0 fully saturated rings. The third-order valence-corrected chi connectivity index (χ3v) is 6.03. The van der Waals surface area contributed by atoms with Gasteiger partial charge in [-0.25, -0.2) is 9.97 Å². The molecule has 7 nitrogen and oxygen atoms in total. The van der Waals surface area contributed by atoms with Crippen LogP contribution < -0.4 is 15.8 Å². The number of nitrogen functional groups attached to an aromatic ring is 1. The van der Waals surface area contributed by atoms with Crippen LogP contribution in [0.4, 0.5) is 5.82 Å². The Morgan fingerprint density at radius 2 is 1.74 bits per heavy atom. The van der Waals surface area contributed by atoms with Crippen molar-refractivity contribution in [2.75, 3.05) is 12.8 Å². The Hall–Kier alpha value is -3.81. The van der Waals surface area contributed by atoms with E-state index < -0.39 is 0 Å². The fraction of sp³-hybridized carbons (Fsp3) is 0.0800. The summed E-state index contributed by atoms with van der Waals surface area (Å²) in [7, 11) is 1.54. The van der Waals surface area contributed by atoms with Gasteiger partial charge >= 0.3 is 0 Å². The average molecular weight is 492 g/mol. The van der Waals surface area contributed by atoms with Crippen LogP contribution in [0.5, 0.6) is 5.75 Å². The number of nitrogens with one attached hydrogen (secondary N) is 1. The number of aromatic nitrogens is 3. The number of nitrogens with two attached hydrogens (primary N) is 1. The second kappa shape index (κ2) is 8.85. The number of hydrogen-bond donors (Lipinski definition) is 2. The van der Waals surface area contributed by atoms with Crippen molar-refractivity contribution in [3.05, 3.63) is 87.9 Å². The molecule has 9 heteroatoms. The van der Waals surface area contributed by atoms with Crippen LogP contribution in [-0.2, 0) is 6.54 Å². The fourth-order valence-electron chi connectivity index (χ4n) is 3.81. The number of amides is 1. The van der Waals surface area contributed by atoms with Gasteiger partial charge in [-0.1, -0.05) is 47.5 Å². The number of methoxy groups -OCH3 is 1. The lowest BCUT2D eigenvalue weighted by molar-refractivity contribution is 0.0953. The van der Waals surface area contributed by atoms with Gasteiger partial charge in [-0.15, -0.1) is 0 Å². The summed E-state index contributed by atoms with van der Waals surface area (Å²) in [5.74, 6) is 0.374. The van der Waals surface area contributed by atoms with Crippen molar-refractivity contribution < 1.29 is 9.53 Å². The van der Waals surface area contributed by atoms with E-state index in [-0.39, 0.29) is 17.3 Å². The Morgan fingerprint density at radius 3 is 2.41 bits per heavy atom. The molecule has 34 heavy (non-hydrogen) atoms. The van der Waals surface area contributed by atoms with Gasteiger partial charge in [0.25, 0.3) is 5.91 Å². The maximum atomic E-state index is 13.3. The highest BCUT2D eigenvalue weighted by Gasteiger charge is 2.25. The topological polar surface area (TPSA) is 95.1 Å². The molecule has 0 radical (unpaired) electrons. The van der Waals surface area contributed by atoms with Crippen LogP contribution in [0.2, 0.25) is 10.0 Å². The molecule has 0 saturated heterocycles. The van der Waals surface area contributed by atoms with Crippen molar-refractivity contribution in [2.45, 2.75) is 6.54 Å². The van der Waals surface area contributed by atoms with Gasteiger partial charge in [0.15, 0.2) is 5.65 Å². The lowest BCUT2D eigenvalue weighted by atomic mass is 10.2. The Bertz CT molecular complexity index is 1550. The molecule has 2 aromatic heterocycles. The molecular weight excluding hydrogens is 473 g/mol. The molecule has 3 aromatic carbocycles. The standard InChI is InChI=1S/C25H19Cl2N5O2/c1-34-20-11-10-16(12-17(20)27)32-23(28)21(25(33)29-13-14-6-8-15(26)9-7-14)22-24(32)31-19-5-3-2-4-18(19)30-22/h2-12H,13,28H2,1H3,(H,29,33). The van der Waals surface area contributed by atoms with E-state index in [0.29, 0.717) is 50.2 Å². The highest BCUT2D eigenvalue weighted by atomic mass is 35.5. The predicted octanol–water partition coefficient (Wildman–Crippen LogP) is 5.40. The number of benzene rings is 3. The Kier molecular flexibility index (Phi) is 5.73. The number of nitrogens with zero attached hydrogens (tertiary/aromatic N) is 3. The summed E-state index contributed by atoms with van der Waals surface area (Å²) in [6.45, 7) is 0.303. The van der Waals surface area contributed by atoms with Gasteiger partial charge in [0.2, 0.25) is 0 Å². The van der Waals surface area contributed by atoms with Gasteiger partial charge in [0.05, 0.1) is 28.9 Å². The van der Waals surface area contributed by atoms with Crippen molar-refractivity contribution in [3.63, 3.8) is 0 Å². The maximum absolute atomic E-state index is 13.3. The molecule has 1 amide bonds. The number of halogens is 2. The summed E-state index contributed by atoms with van der Waals surface area (Å²) in [6, 6.07) is 19.9. The molecule has 0 spiro atoms. The zero-order valence-corrected chi connectivity index (χ0v) is 19.6. The number of carbonyl (C=O) groups is 1. The van der Waals surface area contributed by atoms with E-state index in [1.165, 1.54) is 0 Å². The van der Waals surface area contributed by atoms with E-state index >= 15 is 0 Å². The van der Waals surface area contributed by atoms with E-state index in [1.807, 2.05) is 36.4 Å². The number of ether oxygens (including phenoxy) is 1. The highest BCUT2D eigenvalue weighted by Crippen LogP contribution is 2.34. The molecule has 0 bridgehead atoms. The first-order valence-electron chi connectivity index (χ1n) is 10.4. The van der Waals surface area contributed by atoms with E-state index in [2.05, 4.69) is 5.32 Å². The summed E-state index contributed by atoms with van der Waals surface area (Å²) in [5.41, 5.74) is 10.5. The lowest BCUT2D eigenvalue weighted by Gasteiger charge is -2.10. The number of anilines is 1. The number of para-hydroxylation sites is 2. The molecule has 5 rings (SSSR count). The van der Waals surface area contributed by atoms with Gasteiger partial charge in [-0.2, -0.15) is 0 Å². The maximum Gasteiger partial charge on any atom is 0.257 e. The number of hydrogen-bond acceptors (Lipinski definition) is 5. The molecule has 5 aromatic rings. The molecule has 0 aliphatic heterocycles. The van der Waals surface area contributed by atoms with Gasteiger partial charge in [-0.3, -0.25) is 9.36 Å². The minimum atomic E-state index is -0.361. The minimum Gasteiger partial charge on any atom is -0.495 e. The normalized spacial score (nSPS) is 11.1. The van der Waals surface area contributed by atoms with Crippen molar-refractivity contribution in [3.8, 4) is 11.4 Å². The number of fused-ring (bicyclic) bond motifs is 2. The molecule has 0 aliphatic rings. The van der Waals surface area contributed by atoms with Crippen molar-refractivity contribution in [2.24, 2.45) is 0 Å². The number of carbonyl (C=O) groups excluding carboxylic acids is 1. The van der Waals surface area contributed by atoms with Crippen molar-refractivity contribution in [1.29, 1.82) is 0 Å². The minimum absolute atomic E-state index is 0.208. The van der Waals surface area contributed by atoms with E-state index in [4.69, 9.17) is 43.6 Å². The lowest BCUT2D eigenvalue weighted by Crippen LogP contribution is -2.24. The van der Waals surface area contributed by atoms with Gasteiger partial charge in [0, 0.05) is 11.6 Å². The van der Waals surface area contributed by atoms with Gasteiger partial charge < -0.3 is 15.8 Å². The first kappa shape index (κ1) is 22.0. The SMILES string of the molecule is COc1ccc(-n2c(N)c(C(=O)NCc3ccc(Cl)cc3)c3nc4ccccc4nc32)cc1Cl. The monoisotopic (exact) mass is 491 g/mol. The first-order valence-corrected chi connectivity index (χ1v) is 11.1. The van der Waals surface area contributed by atoms with E-state index in [0.717, 1.165) is 5.56 Å². The van der Waals surface area contributed by atoms with Crippen LogP contribution in [0.3, 0.4) is 0 Å². The zero-order valence-electron chi connectivity index (χ0n) is 18.0. The fourth-order valence-corrected chi connectivity index (χ4v) is 4.19. The van der Waals surface area contributed by atoms with Crippen molar-refractivity contribution >= 4 is 57.1 Å². The Morgan fingerprint density at radius 1 is 1.03 bits per heavy atom. The predicted molar refractivity (Wildman–Crippen MR) is 135 cm³/mol. The molecule has 0 saturated carbocycles. The van der Waals surface area contributed by atoms with Crippen LogP contribution in [0.15, 0.2) is 66.7 Å². The van der Waals surface area contributed by atoms with Crippen LogP contribution >= 0.6 is 23.2 Å². The largest absolute Gasteiger partial charge is 0.495 e. The second-order valence-electron chi connectivity index (χ2n) is 7.61. The van der Waals surface area contributed by atoms with Gasteiger partial charge in [-0.05, 0) is 48.0 Å². The van der Waals surface area contributed by atoms with E-state index in [9.17, 15) is 4.79 Å². The molecule has 0 aliphatic carbocycles. The Balaban J connectivity index is 1.65. The molecule has 2 heterocycles. The van der Waals surface area contributed by atoms with Crippen LogP contribution in [0.25, 0.3) is 27.9 Å². The third kappa shape index (κ3) is 3.89. The van der Waals surface area contributed by atoms with Gasteiger partial charge in [0.1, 0.15) is 22.6 Å². The average Bonchev–Trinajstić information content (AvgIpc) is 3.12. The second-order valence-corrected chi connectivity index (χ2v) is 8.45. The quantitative estimate of drug-likeness (QED) is 0.343. The molecule has 0 unspecified atom stereocenters. The first-order chi connectivity index (χ1) is 16.5. The summed E-state index contributed by atoms with van der Waals surface area (Å²) < 4.78 is 6.94. The molecule has 170 valence electrons. The smallest absolute Gasteiger partial charge is 0.257 e. The van der Waals surface area contributed by atoms with Crippen LogP contribution in [-0.4, -0.2) is 27.6 Å². The molecule has 3 N–H and O–H groups in total. The number of rotatable bonds is 5. The van der Waals surface area contributed by atoms with E-state index in [1.54, 1.807) is 42.0 Å². The summed E-state index contributed by atoms with van der Waals surface area (Å²) in [5, 5.41) is 3.95. The van der Waals surface area contributed by atoms with Crippen LogP contribution in [0, 0.1) is 0 Å². The summed E-state index contributed by atoms with van der Waals surface area (Å²) in [4.78, 5) is 22.8. The zero-order chi connectivity index (χ0) is 23.8. The summed E-state index contributed by atoms with van der Waals surface area (Å²) in [6.07, 6.45) is 0. The third-order valence-electron chi connectivity index (χ3n) is 5.48. The summed E-state index contributed by atoms with van der Waals surface area (Å²) >= 11 is 12.3. The molecule has 0 atom stereocenters. The molecular formula is C25H19Cl2N5O2. The van der Waals surface area contributed by atoms with Crippen molar-refractivity contribution in [1.82, 2.24) is 19.9 Å². The Labute approximate surface area is 205 Å². The van der Waals surface area contributed by atoms with Crippen LogP contribution in [0.1, 0.15) is 15.9 Å².